The fourth-order valence-corrected chi connectivity index (χ4v) is 1.33. The average Bonchev–Trinajstić information content (AvgIpc) is 2.70. The quantitative estimate of drug-likeness (QED) is 0.563. The van der Waals surface area contributed by atoms with Crippen LogP contribution in [-0.4, -0.2) is 17.3 Å². The van der Waals surface area contributed by atoms with E-state index in [1.54, 1.807) is 6.20 Å². The van der Waals surface area contributed by atoms with Crippen LogP contribution in [0.2, 0.25) is 0 Å². The highest BCUT2D eigenvalue weighted by atomic mass is 15.5. The number of rotatable bonds is 2. The summed E-state index contributed by atoms with van der Waals surface area (Å²) in [6, 6.07) is 0. The molecule has 0 radical (unpaired) electrons. The average molecular weight is 136 g/mol. The third kappa shape index (κ3) is 0.939. The van der Waals surface area contributed by atoms with E-state index in [0.717, 1.165) is 18.9 Å². The van der Waals surface area contributed by atoms with Gasteiger partial charge in [0.05, 0.1) is 0 Å². The van der Waals surface area contributed by atoms with Gasteiger partial charge in [0.2, 0.25) is 0 Å². The van der Waals surface area contributed by atoms with Crippen LogP contribution in [0.15, 0.2) is 17.9 Å². The van der Waals surface area contributed by atoms with Crippen molar-refractivity contribution in [1.29, 1.82) is 0 Å². The van der Waals surface area contributed by atoms with Crippen LogP contribution in [-0.2, 0) is 0 Å². The van der Waals surface area contributed by atoms with E-state index < -0.39 is 0 Å². The Kier molecular flexibility index (Phi) is 1.26. The summed E-state index contributed by atoms with van der Waals surface area (Å²) < 4.78 is 0. The number of nitrogens with zero attached hydrogens (tertiary/aromatic N) is 2. The molecule has 1 heterocycles. The highest BCUT2D eigenvalue weighted by Crippen LogP contribution is 2.33. The molecule has 2 aliphatic rings. The van der Waals surface area contributed by atoms with Gasteiger partial charge in [0.25, 0.3) is 0 Å². The maximum absolute atomic E-state index is 4.40. The van der Waals surface area contributed by atoms with Crippen molar-refractivity contribution in [2.75, 3.05) is 6.54 Å². The van der Waals surface area contributed by atoms with Crippen LogP contribution < -0.4 is 0 Å². The van der Waals surface area contributed by atoms with Gasteiger partial charge in [-0.1, -0.05) is 6.58 Å². The van der Waals surface area contributed by atoms with Gasteiger partial charge in [0.15, 0.2) is 0 Å². The van der Waals surface area contributed by atoms with Gasteiger partial charge < -0.3 is 0 Å². The Labute approximate surface area is 61.2 Å². The molecule has 1 aliphatic heterocycles. The SMILES string of the molecule is C=CN1CCC(C2CC2)=N1. The molecule has 2 heteroatoms. The van der Waals surface area contributed by atoms with Crippen molar-refractivity contribution >= 4 is 5.71 Å². The molecule has 1 fully saturated rings. The molecule has 0 saturated heterocycles. The molecule has 0 atom stereocenters. The zero-order chi connectivity index (χ0) is 6.97. The second-order valence-corrected chi connectivity index (χ2v) is 2.96. The van der Waals surface area contributed by atoms with Crippen LogP contribution in [0, 0.1) is 5.92 Å². The molecular formula is C8H12N2. The van der Waals surface area contributed by atoms with E-state index in [-0.39, 0.29) is 0 Å². The molecule has 10 heavy (non-hydrogen) atoms. The maximum Gasteiger partial charge on any atom is 0.0461 e. The minimum atomic E-state index is 0.838. The lowest BCUT2D eigenvalue weighted by Gasteiger charge is -2.02. The minimum Gasteiger partial charge on any atom is -0.273 e. The Morgan fingerprint density at radius 1 is 1.60 bits per heavy atom. The predicted octanol–water partition coefficient (Wildman–Crippen LogP) is 1.60. The molecule has 0 unspecified atom stereocenters. The van der Waals surface area contributed by atoms with Gasteiger partial charge in [-0.05, 0) is 18.8 Å². The first-order valence-corrected chi connectivity index (χ1v) is 3.87. The summed E-state index contributed by atoms with van der Waals surface area (Å²) >= 11 is 0. The molecule has 1 aliphatic carbocycles. The number of hydrazone groups is 1. The monoisotopic (exact) mass is 136 g/mol. The fourth-order valence-electron chi connectivity index (χ4n) is 1.33. The minimum absolute atomic E-state index is 0.838. The Bertz CT molecular complexity index is 180. The molecule has 2 nitrogen and oxygen atoms in total. The molecule has 0 aromatic carbocycles. The number of hydrogen-bond donors (Lipinski definition) is 0. The Morgan fingerprint density at radius 2 is 2.40 bits per heavy atom. The van der Waals surface area contributed by atoms with Crippen LogP contribution >= 0.6 is 0 Å². The summed E-state index contributed by atoms with van der Waals surface area (Å²) in [5.74, 6) is 0.838. The highest BCUT2D eigenvalue weighted by molar-refractivity contribution is 5.89. The lowest BCUT2D eigenvalue weighted by Crippen LogP contribution is -2.02. The smallest absolute Gasteiger partial charge is 0.0461 e. The molecule has 54 valence electrons. The summed E-state index contributed by atoms with van der Waals surface area (Å²) in [6.07, 6.45) is 5.69. The lowest BCUT2D eigenvalue weighted by atomic mass is 10.2. The zero-order valence-corrected chi connectivity index (χ0v) is 6.08. The van der Waals surface area contributed by atoms with Gasteiger partial charge in [-0.2, -0.15) is 5.10 Å². The predicted molar refractivity (Wildman–Crippen MR) is 41.7 cm³/mol. The van der Waals surface area contributed by atoms with Crippen LogP contribution in [0.1, 0.15) is 19.3 Å². The van der Waals surface area contributed by atoms with Crippen LogP contribution in [0.4, 0.5) is 0 Å². The molecule has 0 aromatic rings. The van der Waals surface area contributed by atoms with Crippen LogP contribution in [0.3, 0.4) is 0 Å². The van der Waals surface area contributed by atoms with Gasteiger partial charge in [-0.3, -0.25) is 5.01 Å². The van der Waals surface area contributed by atoms with Crippen LogP contribution in [0.5, 0.6) is 0 Å². The van der Waals surface area contributed by atoms with Crippen molar-refractivity contribution in [3.05, 3.63) is 12.8 Å². The fraction of sp³-hybridized carbons (Fsp3) is 0.625. The standard InChI is InChI=1S/C8H12N2/c1-2-10-6-5-8(9-10)7-3-4-7/h2,7H,1,3-6H2. The topological polar surface area (TPSA) is 15.6 Å². The third-order valence-electron chi connectivity index (χ3n) is 2.11. The van der Waals surface area contributed by atoms with Gasteiger partial charge in [-0.15, -0.1) is 0 Å². The van der Waals surface area contributed by atoms with Crippen molar-refractivity contribution in [3.63, 3.8) is 0 Å². The normalized spacial score (nSPS) is 24.8. The largest absolute Gasteiger partial charge is 0.273 e. The van der Waals surface area contributed by atoms with E-state index in [9.17, 15) is 0 Å². The first kappa shape index (κ1) is 5.96. The molecule has 0 amide bonds. The highest BCUT2D eigenvalue weighted by Gasteiger charge is 2.30. The van der Waals surface area contributed by atoms with E-state index in [1.807, 2.05) is 5.01 Å². The van der Waals surface area contributed by atoms with E-state index in [0.29, 0.717) is 0 Å². The molecule has 0 N–H and O–H groups in total. The van der Waals surface area contributed by atoms with Gasteiger partial charge >= 0.3 is 0 Å². The van der Waals surface area contributed by atoms with E-state index in [1.165, 1.54) is 18.6 Å². The van der Waals surface area contributed by atoms with Crippen molar-refractivity contribution in [2.45, 2.75) is 19.3 Å². The van der Waals surface area contributed by atoms with E-state index in [4.69, 9.17) is 0 Å². The zero-order valence-electron chi connectivity index (χ0n) is 6.08. The third-order valence-corrected chi connectivity index (χ3v) is 2.11. The van der Waals surface area contributed by atoms with Gasteiger partial charge in [0, 0.05) is 24.9 Å². The summed E-state index contributed by atoms with van der Waals surface area (Å²) in [5, 5.41) is 6.34. The first-order chi connectivity index (χ1) is 4.90. The van der Waals surface area contributed by atoms with Crippen molar-refractivity contribution in [2.24, 2.45) is 11.0 Å². The Morgan fingerprint density at radius 3 is 2.90 bits per heavy atom. The maximum atomic E-state index is 4.40. The molecule has 0 aromatic heterocycles. The second-order valence-electron chi connectivity index (χ2n) is 2.96. The Balaban J connectivity index is 2.02. The van der Waals surface area contributed by atoms with Crippen molar-refractivity contribution < 1.29 is 0 Å². The van der Waals surface area contributed by atoms with Crippen molar-refractivity contribution in [1.82, 2.24) is 5.01 Å². The first-order valence-electron chi connectivity index (χ1n) is 3.87. The van der Waals surface area contributed by atoms with Crippen molar-refractivity contribution in [3.8, 4) is 0 Å². The summed E-state index contributed by atoms with van der Waals surface area (Å²) in [6.45, 7) is 4.73. The summed E-state index contributed by atoms with van der Waals surface area (Å²) in [5.41, 5.74) is 1.40. The second kappa shape index (κ2) is 2.11. The molecule has 0 bridgehead atoms. The summed E-state index contributed by atoms with van der Waals surface area (Å²) in [7, 11) is 0. The Hall–Kier alpha value is -0.790. The molecule has 1 saturated carbocycles. The molecule has 2 rings (SSSR count). The molecule has 0 spiro atoms. The van der Waals surface area contributed by atoms with Gasteiger partial charge in [-0.25, -0.2) is 0 Å². The molecular weight excluding hydrogens is 124 g/mol. The van der Waals surface area contributed by atoms with Gasteiger partial charge in [0.1, 0.15) is 0 Å². The lowest BCUT2D eigenvalue weighted by molar-refractivity contribution is 0.442. The number of hydrogen-bond acceptors (Lipinski definition) is 2. The summed E-state index contributed by atoms with van der Waals surface area (Å²) in [4.78, 5) is 0. The van der Waals surface area contributed by atoms with E-state index in [2.05, 4.69) is 11.7 Å². The van der Waals surface area contributed by atoms with Crippen LogP contribution in [0.25, 0.3) is 0 Å². The van der Waals surface area contributed by atoms with E-state index >= 15 is 0 Å².